The first kappa shape index (κ1) is 13.8. The first-order valence-electron chi connectivity index (χ1n) is 4.21. The normalized spacial score (nSPS) is 36.6. The van der Waals surface area contributed by atoms with E-state index in [1.165, 1.54) is 16.7 Å². The Morgan fingerprint density at radius 3 is 2.60 bits per heavy atom. The number of carboxylic acid groups (broad SMARTS) is 1. The van der Waals surface area contributed by atoms with Crippen LogP contribution in [0.15, 0.2) is 0 Å². The van der Waals surface area contributed by atoms with E-state index in [1.807, 2.05) is 13.8 Å². The Hall–Kier alpha value is 0.770. The minimum Gasteiger partial charge on any atom is -0.548 e. The van der Waals surface area contributed by atoms with Gasteiger partial charge in [-0.15, -0.1) is 11.8 Å². The molecule has 1 amide bonds. The molecule has 3 unspecified atom stereocenters. The summed E-state index contributed by atoms with van der Waals surface area (Å²) in [5.74, 6) is -1.32. The summed E-state index contributed by atoms with van der Waals surface area (Å²) >= 11 is 4.74. The van der Waals surface area contributed by atoms with Crippen LogP contribution in [-0.2, 0) is 9.59 Å². The quantitative estimate of drug-likeness (QED) is 0.287. The Kier molecular flexibility index (Phi) is 3.89. The van der Waals surface area contributed by atoms with E-state index in [4.69, 9.17) is 0 Å². The number of aliphatic carboxylic acids is 1. The number of thioether (sulfide) groups is 1. The summed E-state index contributed by atoms with van der Waals surface area (Å²) in [5, 5.41) is 10.9. The molecule has 0 bridgehead atoms. The molecule has 2 aliphatic heterocycles. The smallest absolute Gasteiger partial charge is 0.548 e. The summed E-state index contributed by atoms with van der Waals surface area (Å²) in [4.78, 5) is 23.5. The fourth-order valence-electron chi connectivity index (χ4n) is 1.95. The van der Waals surface area contributed by atoms with Crippen LogP contribution in [-0.4, -0.2) is 37.8 Å². The van der Waals surface area contributed by atoms with Crippen LogP contribution in [0.2, 0.25) is 0 Å². The Morgan fingerprint density at radius 2 is 2.13 bits per heavy atom. The molecule has 7 heteroatoms. The summed E-state index contributed by atoms with van der Waals surface area (Å²) in [6.45, 7) is 3.65. The number of nitrogens with zero attached hydrogens (tertiary/aromatic N) is 1. The number of carbonyl (C=O) groups excluding carboxylic acids is 2. The molecule has 0 N–H and O–H groups in total. The van der Waals surface area contributed by atoms with Crippen LogP contribution < -0.4 is 34.7 Å². The van der Waals surface area contributed by atoms with Gasteiger partial charge >= 0.3 is 29.6 Å². The minimum atomic E-state index is -1.17. The van der Waals surface area contributed by atoms with Gasteiger partial charge in [-0.05, 0) is 13.8 Å². The fourth-order valence-corrected chi connectivity index (χ4v) is 4.30. The third-order valence-electron chi connectivity index (χ3n) is 2.60. The molecule has 2 aliphatic rings. The number of hydrogen-bond donors (Lipinski definition) is 0. The standard InChI is InChI=1S/C8H10BrNO3S.Na/c1-8(2)4(7(12)13)10-5(11)3(9)6(10)14-8;/h3-4,6H,1-2H3,(H,12,13);/q;+1/p-1. The molecular weight excluding hydrogens is 293 g/mol. The van der Waals surface area contributed by atoms with E-state index < -0.39 is 16.8 Å². The largest absolute Gasteiger partial charge is 1.00 e. The molecule has 0 radical (unpaired) electrons. The van der Waals surface area contributed by atoms with Gasteiger partial charge in [0.15, 0.2) is 0 Å². The molecule has 0 spiro atoms. The Balaban J connectivity index is 0.00000112. The average molecular weight is 302 g/mol. The van der Waals surface area contributed by atoms with E-state index in [1.54, 1.807) is 0 Å². The Morgan fingerprint density at radius 1 is 1.60 bits per heavy atom. The summed E-state index contributed by atoms with van der Waals surface area (Å²) in [6.07, 6.45) is 0. The van der Waals surface area contributed by atoms with Gasteiger partial charge in [-0.1, -0.05) is 15.9 Å². The van der Waals surface area contributed by atoms with Gasteiger partial charge in [0, 0.05) is 4.75 Å². The van der Waals surface area contributed by atoms with Gasteiger partial charge in [-0.2, -0.15) is 0 Å². The van der Waals surface area contributed by atoms with Crippen molar-refractivity contribution in [2.45, 2.75) is 34.8 Å². The second-order valence-electron chi connectivity index (χ2n) is 3.98. The van der Waals surface area contributed by atoms with Gasteiger partial charge in [0.2, 0.25) is 5.91 Å². The van der Waals surface area contributed by atoms with Crippen molar-refractivity contribution in [2.24, 2.45) is 0 Å². The van der Waals surface area contributed by atoms with Gasteiger partial charge in [0.25, 0.3) is 0 Å². The van der Waals surface area contributed by atoms with Crippen molar-refractivity contribution in [1.82, 2.24) is 4.90 Å². The maximum atomic E-state index is 11.4. The monoisotopic (exact) mass is 301 g/mol. The molecule has 0 aromatic heterocycles. The molecular formula is C8H9BrNNaO3S. The molecule has 0 aromatic rings. The van der Waals surface area contributed by atoms with Crippen molar-refractivity contribution in [3.8, 4) is 0 Å². The van der Waals surface area contributed by atoms with Crippen LogP contribution >= 0.6 is 27.7 Å². The van der Waals surface area contributed by atoms with Crippen LogP contribution in [0.3, 0.4) is 0 Å². The van der Waals surface area contributed by atoms with Crippen molar-refractivity contribution < 1.29 is 44.3 Å². The maximum Gasteiger partial charge on any atom is 1.00 e. The molecule has 2 heterocycles. The topological polar surface area (TPSA) is 60.4 Å². The molecule has 15 heavy (non-hydrogen) atoms. The molecule has 4 nitrogen and oxygen atoms in total. The average Bonchev–Trinajstić information content (AvgIpc) is 2.34. The van der Waals surface area contributed by atoms with E-state index in [-0.39, 0.29) is 45.7 Å². The molecule has 0 saturated carbocycles. The van der Waals surface area contributed by atoms with Gasteiger partial charge in [0.1, 0.15) is 10.2 Å². The molecule has 2 saturated heterocycles. The van der Waals surface area contributed by atoms with Gasteiger partial charge in [0.05, 0.1) is 12.0 Å². The summed E-state index contributed by atoms with van der Waals surface area (Å²) < 4.78 is -0.471. The third kappa shape index (κ3) is 1.88. The van der Waals surface area contributed by atoms with E-state index in [9.17, 15) is 14.7 Å². The van der Waals surface area contributed by atoms with Crippen LogP contribution in [0.25, 0.3) is 0 Å². The number of rotatable bonds is 1. The van der Waals surface area contributed by atoms with Crippen molar-refractivity contribution >= 4 is 39.6 Å². The maximum absolute atomic E-state index is 11.4. The van der Waals surface area contributed by atoms with Crippen LogP contribution in [0.4, 0.5) is 0 Å². The third-order valence-corrected chi connectivity index (χ3v) is 5.41. The first-order chi connectivity index (χ1) is 6.36. The second kappa shape index (κ2) is 4.22. The molecule has 0 aromatic carbocycles. The van der Waals surface area contributed by atoms with Crippen molar-refractivity contribution in [3.05, 3.63) is 0 Å². The fraction of sp³-hybridized carbons (Fsp3) is 0.750. The predicted molar refractivity (Wildman–Crippen MR) is 53.8 cm³/mol. The van der Waals surface area contributed by atoms with Crippen molar-refractivity contribution in [2.75, 3.05) is 0 Å². The molecule has 2 rings (SSSR count). The molecule has 0 aliphatic carbocycles. The van der Waals surface area contributed by atoms with E-state index >= 15 is 0 Å². The van der Waals surface area contributed by atoms with E-state index in [0.29, 0.717) is 0 Å². The zero-order valence-corrected chi connectivity index (χ0v) is 13.1. The summed E-state index contributed by atoms with van der Waals surface area (Å²) in [7, 11) is 0. The zero-order valence-electron chi connectivity index (χ0n) is 8.69. The number of amides is 1. The number of carbonyl (C=O) groups is 2. The number of alkyl halides is 1. The second-order valence-corrected chi connectivity index (χ2v) is 6.74. The van der Waals surface area contributed by atoms with Crippen molar-refractivity contribution in [1.29, 1.82) is 0 Å². The van der Waals surface area contributed by atoms with Crippen LogP contribution in [0.5, 0.6) is 0 Å². The zero-order chi connectivity index (χ0) is 10.7. The molecule has 78 valence electrons. The number of β-lactam (4-membered cyclic amide) rings is 1. The predicted octanol–water partition coefficient (Wildman–Crippen LogP) is -3.43. The van der Waals surface area contributed by atoms with Gasteiger partial charge < -0.3 is 14.8 Å². The van der Waals surface area contributed by atoms with Gasteiger partial charge in [-0.3, -0.25) is 4.79 Å². The van der Waals surface area contributed by atoms with Gasteiger partial charge in [-0.25, -0.2) is 0 Å². The summed E-state index contributed by atoms with van der Waals surface area (Å²) in [5.41, 5.74) is 0. The Bertz CT molecular complexity index is 325. The first-order valence-corrected chi connectivity index (χ1v) is 6.01. The summed E-state index contributed by atoms with van der Waals surface area (Å²) in [6, 6.07) is -0.807. The van der Waals surface area contributed by atoms with Crippen molar-refractivity contribution in [3.63, 3.8) is 0 Å². The van der Waals surface area contributed by atoms with E-state index in [0.717, 1.165) is 0 Å². The molecule has 2 fully saturated rings. The van der Waals surface area contributed by atoms with Crippen LogP contribution in [0.1, 0.15) is 13.8 Å². The molecule has 3 atom stereocenters. The number of fused-ring (bicyclic) bond motifs is 1. The number of halogens is 1. The number of hydrogen-bond acceptors (Lipinski definition) is 4. The SMILES string of the molecule is CC1(C)SC2C(Br)C(=O)N2C1C(=O)[O-].[Na+]. The minimum absolute atomic E-state index is 0. The Labute approximate surface area is 123 Å². The number of carboxylic acids is 1. The van der Waals surface area contributed by atoms with Crippen LogP contribution in [0, 0.1) is 0 Å². The van der Waals surface area contributed by atoms with E-state index in [2.05, 4.69) is 15.9 Å².